The van der Waals surface area contributed by atoms with Crippen LogP contribution in [0.5, 0.6) is 0 Å². The van der Waals surface area contributed by atoms with Gasteiger partial charge in [0.2, 0.25) is 0 Å². The Morgan fingerprint density at radius 1 is 0.968 bits per heavy atom. The molecule has 158 valence electrons. The van der Waals surface area contributed by atoms with Crippen LogP contribution in [-0.2, 0) is 13.1 Å². The summed E-state index contributed by atoms with van der Waals surface area (Å²) in [4.78, 5) is 18.8. The molecule has 5 heterocycles. The van der Waals surface area contributed by atoms with Gasteiger partial charge in [-0.2, -0.15) is 14.7 Å². The van der Waals surface area contributed by atoms with Crippen LogP contribution in [0.25, 0.3) is 16.9 Å². The third-order valence-electron chi connectivity index (χ3n) is 5.81. The lowest BCUT2D eigenvalue weighted by atomic mass is 9.97. The number of pyridine rings is 1. The predicted octanol–water partition coefficient (Wildman–Crippen LogP) is 1.96. The van der Waals surface area contributed by atoms with Crippen LogP contribution in [-0.4, -0.2) is 52.6 Å². The van der Waals surface area contributed by atoms with E-state index in [1.807, 2.05) is 35.7 Å². The van der Waals surface area contributed by atoms with Crippen molar-refractivity contribution in [2.45, 2.75) is 32.9 Å². The van der Waals surface area contributed by atoms with Crippen LogP contribution < -0.4 is 5.56 Å². The van der Waals surface area contributed by atoms with E-state index in [2.05, 4.69) is 30.3 Å². The molecule has 5 rings (SSSR count). The Kier molecular flexibility index (Phi) is 5.25. The van der Waals surface area contributed by atoms with Gasteiger partial charge in [-0.05, 0) is 69.1 Å². The minimum absolute atomic E-state index is 0.0587. The van der Waals surface area contributed by atoms with E-state index in [0.29, 0.717) is 12.5 Å². The number of hydrogen-bond acceptors (Lipinski definition) is 7. The van der Waals surface area contributed by atoms with Crippen molar-refractivity contribution < 1.29 is 0 Å². The minimum atomic E-state index is -0.0587. The molecule has 0 spiro atoms. The van der Waals surface area contributed by atoms with E-state index in [1.54, 1.807) is 29.2 Å². The second kappa shape index (κ2) is 8.35. The molecule has 0 atom stereocenters. The zero-order chi connectivity index (χ0) is 21.2. The van der Waals surface area contributed by atoms with E-state index >= 15 is 0 Å². The molecule has 4 aromatic heterocycles. The van der Waals surface area contributed by atoms with Crippen LogP contribution in [0.15, 0.2) is 53.6 Å². The zero-order valence-electron chi connectivity index (χ0n) is 17.4. The fourth-order valence-electron chi connectivity index (χ4n) is 4.05. The van der Waals surface area contributed by atoms with Crippen molar-refractivity contribution in [2.75, 3.05) is 13.1 Å². The fourth-order valence-corrected chi connectivity index (χ4v) is 4.05. The van der Waals surface area contributed by atoms with Crippen LogP contribution in [0.4, 0.5) is 0 Å². The molecule has 0 aliphatic carbocycles. The van der Waals surface area contributed by atoms with Crippen LogP contribution in [0.3, 0.4) is 0 Å². The number of aryl methyl sites for hydroxylation is 1. The van der Waals surface area contributed by atoms with E-state index < -0.39 is 0 Å². The summed E-state index contributed by atoms with van der Waals surface area (Å²) in [7, 11) is 0. The second-order valence-corrected chi connectivity index (χ2v) is 8.06. The topological polar surface area (TPSA) is 94.1 Å². The van der Waals surface area contributed by atoms with Crippen molar-refractivity contribution in [1.82, 2.24) is 39.5 Å². The molecule has 1 fully saturated rings. The van der Waals surface area contributed by atoms with Gasteiger partial charge >= 0.3 is 0 Å². The Morgan fingerprint density at radius 2 is 1.77 bits per heavy atom. The molecular formula is C22H24N8O. The van der Waals surface area contributed by atoms with Crippen molar-refractivity contribution in [2.24, 2.45) is 5.92 Å². The Hall–Kier alpha value is -3.46. The van der Waals surface area contributed by atoms with Crippen LogP contribution >= 0.6 is 0 Å². The maximum atomic E-state index is 12.4. The molecule has 1 aliphatic heterocycles. The third kappa shape index (κ3) is 4.22. The Bertz CT molecular complexity index is 1240. The third-order valence-corrected chi connectivity index (χ3v) is 5.81. The maximum Gasteiger partial charge on any atom is 0.266 e. The van der Waals surface area contributed by atoms with Gasteiger partial charge in [-0.15, -0.1) is 10.2 Å². The Morgan fingerprint density at radius 3 is 2.58 bits per heavy atom. The normalized spacial score (nSPS) is 15.5. The summed E-state index contributed by atoms with van der Waals surface area (Å²) in [5.74, 6) is 1.28. The van der Waals surface area contributed by atoms with Crippen LogP contribution in [0.2, 0.25) is 0 Å². The molecular weight excluding hydrogens is 392 g/mol. The molecule has 0 amide bonds. The largest absolute Gasteiger partial charge is 0.296 e. The maximum absolute atomic E-state index is 12.4. The number of rotatable bonds is 5. The number of likely N-dealkylation sites (tertiary alicyclic amines) is 1. The number of fused-ring (bicyclic) bond motifs is 1. The van der Waals surface area contributed by atoms with E-state index in [1.165, 1.54) is 0 Å². The molecule has 0 radical (unpaired) electrons. The minimum Gasteiger partial charge on any atom is -0.296 e. The lowest BCUT2D eigenvalue weighted by molar-refractivity contribution is 0.159. The first-order valence-electron chi connectivity index (χ1n) is 10.5. The lowest BCUT2D eigenvalue weighted by Crippen LogP contribution is -2.37. The number of hydrogen-bond donors (Lipinski definition) is 0. The monoisotopic (exact) mass is 416 g/mol. The van der Waals surface area contributed by atoms with Gasteiger partial charge in [-0.25, -0.2) is 4.68 Å². The van der Waals surface area contributed by atoms with Crippen molar-refractivity contribution in [3.63, 3.8) is 0 Å². The van der Waals surface area contributed by atoms with Gasteiger partial charge in [0.05, 0.1) is 17.9 Å². The standard InChI is InChI=1S/C22H24N8O/c1-16-2-4-20-24-25-21(30(20)26-16)15-28-12-8-17(9-13-28)14-29-22(31)5-3-19(27-29)18-6-10-23-11-7-18/h2-7,10-11,17H,8-9,12-15H2,1H3. The van der Waals surface area contributed by atoms with Gasteiger partial charge < -0.3 is 0 Å². The molecule has 31 heavy (non-hydrogen) atoms. The van der Waals surface area contributed by atoms with Gasteiger partial charge in [-0.1, -0.05) is 0 Å². The highest BCUT2D eigenvalue weighted by Gasteiger charge is 2.22. The summed E-state index contributed by atoms with van der Waals surface area (Å²) < 4.78 is 3.43. The second-order valence-electron chi connectivity index (χ2n) is 8.06. The van der Waals surface area contributed by atoms with Gasteiger partial charge in [0.25, 0.3) is 5.56 Å². The molecule has 9 nitrogen and oxygen atoms in total. The first-order valence-corrected chi connectivity index (χ1v) is 10.5. The highest BCUT2D eigenvalue weighted by atomic mass is 16.1. The summed E-state index contributed by atoms with van der Waals surface area (Å²) in [5.41, 5.74) is 3.41. The Labute approximate surface area is 179 Å². The van der Waals surface area contributed by atoms with Crippen molar-refractivity contribution in [1.29, 1.82) is 0 Å². The number of nitrogens with zero attached hydrogens (tertiary/aromatic N) is 8. The molecule has 0 N–H and O–H groups in total. The summed E-state index contributed by atoms with van der Waals surface area (Å²) in [6.45, 7) is 5.23. The molecule has 9 heteroatoms. The lowest BCUT2D eigenvalue weighted by Gasteiger charge is -2.31. The molecule has 1 aliphatic rings. The van der Waals surface area contributed by atoms with Crippen molar-refractivity contribution in [3.05, 3.63) is 70.7 Å². The Balaban J connectivity index is 1.23. The van der Waals surface area contributed by atoms with Gasteiger partial charge in [-0.3, -0.25) is 14.7 Å². The highest BCUT2D eigenvalue weighted by molar-refractivity contribution is 5.56. The van der Waals surface area contributed by atoms with E-state index in [9.17, 15) is 4.79 Å². The average molecular weight is 416 g/mol. The smallest absolute Gasteiger partial charge is 0.266 e. The van der Waals surface area contributed by atoms with Crippen molar-refractivity contribution >= 4 is 5.65 Å². The first kappa shape index (κ1) is 19.5. The summed E-state index contributed by atoms with van der Waals surface area (Å²) >= 11 is 0. The number of aromatic nitrogens is 7. The first-order chi connectivity index (χ1) is 15.2. The average Bonchev–Trinajstić information content (AvgIpc) is 3.19. The molecule has 0 unspecified atom stereocenters. The number of piperidine rings is 1. The van der Waals surface area contributed by atoms with E-state index in [-0.39, 0.29) is 5.56 Å². The van der Waals surface area contributed by atoms with Crippen LogP contribution in [0, 0.1) is 12.8 Å². The molecule has 4 aromatic rings. The SMILES string of the molecule is Cc1ccc2nnc(CN3CCC(Cn4nc(-c5ccncc5)ccc4=O)CC3)n2n1. The highest BCUT2D eigenvalue weighted by Crippen LogP contribution is 2.21. The molecule has 1 saturated heterocycles. The van der Waals surface area contributed by atoms with E-state index in [4.69, 9.17) is 0 Å². The summed E-state index contributed by atoms with van der Waals surface area (Å²) in [6.07, 6.45) is 5.49. The zero-order valence-corrected chi connectivity index (χ0v) is 17.4. The quantitative estimate of drug-likeness (QED) is 0.491. The summed E-state index contributed by atoms with van der Waals surface area (Å²) in [5, 5.41) is 17.7. The van der Waals surface area contributed by atoms with Gasteiger partial charge in [0.15, 0.2) is 11.5 Å². The van der Waals surface area contributed by atoms with Gasteiger partial charge in [0, 0.05) is 30.6 Å². The fraction of sp³-hybridized carbons (Fsp3) is 0.364. The molecule has 0 bridgehead atoms. The van der Waals surface area contributed by atoms with Crippen LogP contribution in [0.1, 0.15) is 24.4 Å². The van der Waals surface area contributed by atoms with Crippen molar-refractivity contribution in [3.8, 4) is 11.3 Å². The molecule has 0 aromatic carbocycles. The van der Waals surface area contributed by atoms with Gasteiger partial charge in [0.1, 0.15) is 0 Å². The predicted molar refractivity (Wildman–Crippen MR) is 115 cm³/mol. The van der Waals surface area contributed by atoms with E-state index in [0.717, 1.165) is 60.9 Å². The summed E-state index contributed by atoms with van der Waals surface area (Å²) in [6, 6.07) is 11.1. The molecule has 0 saturated carbocycles.